The molecule has 6 nitrogen and oxygen atoms in total. The fourth-order valence-electron chi connectivity index (χ4n) is 5.39. The van der Waals surface area contributed by atoms with Crippen LogP contribution in [0.15, 0.2) is 48.5 Å². The highest BCUT2D eigenvalue weighted by molar-refractivity contribution is 5.75. The summed E-state index contributed by atoms with van der Waals surface area (Å²) in [5.74, 6) is 0.216. The van der Waals surface area contributed by atoms with Gasteiger partial charge in [-0.25, -0.2) is 0 Å². The van der Waals surface area contributed by atoms with E-state index in [1.807, 2.05) is 18.2 Å². The normalized spacial score (nSPS) is 19.7. The number of likely N-dealkylation sites (tertiary alicyclic amines) is 1. The number of nitrogens with one attached hydrogen (secondary N) is 1. The van der Waals surface area contributed by atoms with Gasteiger partial charge in [0.25, 0.3) is 0 Å². The number of hydrogen-bond acceptors (Lipinski definition) is 6. The van der Waals surface area contributed by atoms with Crippen LogP contribution >= 0.6 is 0 Å². The number of nitriles is 1. The molecule has 0 aliphatic carbocycles. The monoisotopic (exact) mass is 473 g/mol. The first kappa shape index (κ1) is 25.2. The molecule has 2 heterocycles. The van der Waals surface area contributed by atoms with E-state index < -0.39 is 5.41 Å². The Labute approximate surface area is 210 Å². The van der Waals surface area contributed by atoms with Crippen LogP contribution in [-0.4, -0.2) is 68.1 Å². The summed E-state index contributed by atoms with van der Waals surface area (Å²) in [6, 6.07) is 19.5. The van der Waals surface area contributed by atoms with Crippen molar-refractivity contribution in [2.45, 2.75) is 51.1 Å². The largest absolute Gasteiger partial charge is 0.368 e. The third kappa shape index (κ3) is 6.04. The van der Waals surface area contributed by atoms with Crippen LogP contribution in [0.4, 0.5) is 11.4 Å². The van der Waals surface area contributed by atoms with Crippen molar-refractivity contribution in [2.24, 2.45) is 0 Å². The fraction of sp³-hybridized carbons (Fsp3) is 0.517. The van der Waals surface area contributed by atoms with Crippen LogP contribution in [0.3, 0.4) is 0 Å². The summed E-state index contributed by atoms with van der Waals surface area (Å²) in [5, 5.41) is 14.0. The van der Waals surface area contributed by atoms with Crippen LogP contribution in [0.5, 0.6) is 0 Å². The lowest BCUT2D eigenvalue weighted by molar-refractivity contribution is -0.117. The number of carbonyl (C=O) groups excluding carboxylic acids is 1. The number of benzene rings is 2. The summed E-state index contributed by atoms with van der Waals surface area (Å²) in [4.78, 5) is 19.2. The minimum Gasteiger partial charge on any atom is -0.368 e. The van der Waals surface area contributed by atoms with Crippen LogP contribution in [0.2, 0.25) is 0 Å². The Kier molecular flexibility index (Phi) is 8.10. The molecule has 2 aliphatic heterocycles. The van der Waals surface area contributed by atoms with E-state index in [2.05, 4.69) is 70.4 Å². The molecule has 0 radical (unpaired) electrons. The van der Waals surface area contributed by atoms with Gasteiger partial charge in [-0.15, -0.1) is 0 Å². The maximum absolute atomic E-state index is 11.9. The Morgan fingerprint density at radius 1 is 1.06 bits per heavy atom. The molecule has 4 rings (SSSR count). The summed E-state index contributed by atoms with van der Waals surface area (Å²) >= 11 is 0. The van der Waals surface area contributed by atoms with Crippen LogP contribution < -0.4 is 10.2 Å². The highest BCUT2D eigenvalue weighted by Crippen LogP contribution is 2.37. The van der Waals surface area contributed by atoms with Crippen molar-refractivity contribution >= 4 is 17.2 Å². The highest BCUT2D eigenvalue weighted by Gasteiger charge is 2.38. The van der Waals surface area contributed by atoms with Gasteiger partial charge >= 0.3 is 0 Å². The number of Topliss-reactive ketones (excluding diaryl/α,β-unsaturated/α-hetero) is 1. The van der Waals surface area contributed by atoms with E-state index in [9.17, 15) is 10.1 Å². The molecular formula is C29H39N5O. The first-order valence-corrected chi connectivity index (χ1v) is 12.9. The molecule has 1 N–H and O–H groups in total. The molecular weight excluding hydrogens is 434 g/mol. The number of anilines is 2. The second-order valence-corrected chi connectivity index (χ2v) is 10.3. The molecule has 0 amide bonds. The van der Waals surface area contributed by atoms with Gasteiger partial charge in [-0.05, 0) is 63.4 Å². The Balaban J connectivity index is 1.53. The number of piperazine rings is 1. The second kappa shape index (κ2) is 11.2. The lowest BCUT2D eigenvalue weighted by Gasteiger charge is -2.42. The Bertz CT molecular complexity index is 1030. The molecule has 0 bridgehead atoms. The van der Waals surface area contributed by atoms with Gasteiger partial charge in [0.05, 0.1) is 29.0 Å². The number of hydrogen-bond donors (Lipinski definition) is 1. The van der Waals surface area contributed by atoms with Gasteiger partial charge in [-0.3, -0.25) is 4.90 Å². The summed E-state index contributed by atoms with van der Waals surface area (Å²) < 4.78 is 0. The molecule has 1 unspecified atom stereocenters. The van der Waals surface area contributed by atoms with Crippen LogP contribution in [0.25, 0.3) is 0 Å². The van der Waals surface area contributed by atoms with Crippen molar-refractivity contribution in [1.82, 2.24) is 9.80 Å². The van der Waals surface area contributed by atoms with E-state index in [0.717, 1.165) is 69.8 Å². The zero-order valence-electron chi connectivity index (χ0n) is 21.5. The highest BCUT2D eigenvalue weighted by atomic mass is 16.1. The lowest BCUT2D eigenvalue weighted by atomic mass is 9.74. The van der Waals surface area contributed by atoms with Gasteiger partial charge < -0.3 is 19.9 Å². The number of carbonyl (C=O) groups is 1. The molecule has 1 atom stereocenters. The van der Waals surface area contributed by atoms with E-state index in [0.29, 0.717) is 6.42 Å². The lowest BCUT2D eigenvalue weighted by Crippen LogP contribution is -2.50. The van der Waals surface area contributed by atoms with Gasteiger partial charge in [0.1, 0.15) is 5.78 Å². The van der Waals surface area contributed by atoms with Crippen molar-refractivity contribution in [3.8, 4) is 6.07 Å². The van der Waals surface area contributed by atoms with Crippen molar-refractivity contribution in [3.63, 3.8) is 0 Å². The minimum absolute atomic E-state index is 0.0550. The van der Waals surface area contributed by atoms with Gasteiger partial charge in [-0.1, -0.05) is 36.4 Å². The van der Waals surface area contributed by atoms with E-state index in [4.69, 9.17) is 0 Å². The number of ketones is 1. The zero-order valence-corrected chi connectivity index (χ0v) is 21.5. The average Bonchev–Trinajstić information content (AvgIpc) is 2.88. The van der Waals surface area contributed by atoms with Crippen molar-refractivity contribution in [2.75, 3.05) is 56.5 Å². The van der Waals surface area contributed by atoms with E-state index in [1.165, 1.54) is 11.3 Å². The van der Waals surface area contributed by atoms with Crippen LogP contribution in [-0.2, 0) is 10.2 Å². The van der Waals surface area contributed by atoms with E-state index in [-0.39, 0.29) is 11.9 Å². The van der Waals surface area contributed by atoms with Crippen molar-refractivity contribution < 1.29 is 4.79 Å². The molecule has 2 aliphatic rings. The SMILES string of the molecule is CC(=O)CCC(Nc1cc(C)ccc1N1CCN(C)CC1)N1CCC(C#N)(c2ccccc2)CC1. The predicted molar refractivity (Wildman–Crippen MR) is 143 cm³/mol. The quantitative estimate of drug-likeness (QED) is 0.613. The molecule has 2 saturated heterocycles. The maximum atomic E-state index is 11.9. The van der Waals surface area contributed by atoms with Crippen molar-refractivity contribution in [3.05, 3.63) is 59.7 Å². The summed E-state index contributed by atoms with van der Waals surface area (Å²) in [6.07, 6.45) is 2.96. The van der Waals surface area contributed by atoms with Crippen molar-refractivity contribution in [1.29, 1.82) is 5.26 Å². The van der Waals surface area contributed by atoms with Gasteiger partial charge in [0.2, 0.25) is 0 Å². The number of aryl methyl sites for hydroxylation is 1. The topological polar surface area (TPSA) is 62.6 Å². The smallest absolute Gasteiger partial charge is 0.129 e. The second-order valence-electron chi connectivity index (χ2n) is 10.3. The first-order valence-electron chi connectivity index (χ1n) is 12.9. The van der Waals surface area contributed by atoms with Gasteiger partial charge in [0.15, 0.2) is 0 Å². The van der Waals surface area contributed by atoms with E-state index >= 15 is 0 Å². The Morgan fingerprint density at radius 2 is 1.74 bits per heavy atom. The molecule has 2 aromatic rings. The first-order chi connectivity index (χ1) is 16.9. The molecule has 35 heavy (non-hydrogen) atoms. The van der Waals surface area contributed by atoms with Crippen LogP contribution in [0, 0.1) is 18.3 Å². The molecule has 0 spiro atoms. The average molecular weight is 474 g/mol. The molecule has 6 heteroatoms. The number of likely N-dealkylation sites (N-methyl/N-ethyl adjacent to an activating group) is 1. The number of piperidine rings is 1. The molecule has 0 saturated carbocycles. The Hall–Kier alpha value is -2.88. The van der Waals surface area contributed by atoms with E-state index in [1.54, 1.807) is 6.92 Å². The third-order valence-corrected chi connectivity index (χ3v) is 7.72. The molecule has 0 aromatic heterocycles. The maximum Gasteiger partial charge on any atom is 0.129 e. The minimum atomic E-state index is -0.433. The number of rotatable bonds is 8. The predicted octanol–water partition coefficient (Wildman–Crippen LogP) is 4.41. The Morgan fingerprint density at radius 3 is 2.37 bits per heavy atom. The third-order valence-electron chi connectivity index (χ3n) is 7.72. The van der Waals surface area contributed by atoms with Gasteiger partial charge in [0, 0.05) is 45.7 Å². The molecule has 2 aromatic carbocycles. The number of nitrogens with zero attached hydrogens (tertiary/aromatic N) is 4. The van der Waals surface area contributed by atoms with Crippen LogP contribution in [0.1, 0.15) is 43.7 Å². The zero-order chi connectivity index (χ0) is 24.8. The standard InChI is InChI=1S/C29H39N5O/c1-23-9-11-27(33-19-17-32(3)18-20-33)26(21-23)31-28(12-10-24(2)35)34-15-13-29(22-30,14-16-34)25-7-5-4-6-8-25/h4-9,11,21,28,31H,10,12-20H2,1-3H3. The summed E-state index contributed by atoms with van der Waals surface area (Å²) in [5.41, 5.74) is 4.29. The van der Waals surface area contributed by atoms with Gasteiger partial charge in [-0.2, -0.15) is 5.26 Å². The fourth-order valence-corrected chi connectivity index (χ4v) is 5.39. The molecule has 186 valence electrons. The summed E-state index contributed by atoms with van der Waals surface area (Å²) in [7, 11) is 2.18. The summed E-state index contributed by atoms with van der Waals surface area (Å²) in [6.45, 7) is 9.60. The molecule has 2 fully saturated rings.